The van der Waals surface area contributed by atoms with E-state index in [2.05, 4.69) is 19.2 Å². The quantitative estimate of drug-likeness (QED) is 0.200. The summed E-state index contributed by atoms with van der Waals surface area (Å²) in [5.74, 6) is 0.386. The fourth-order valence-electron chi connectivity index (χ4n) is 9.39. The first kappa shape index (κ1) is 48.4. The Labute approximate surface area is 367 Å². The van der Waals surface area contributed by atoms with Gasteiger partial charge in [0.25, 0.3) is 0 Å². The maximum absolute atomic E-state index is 13.7. The van der Waals surface area contributed by atoms with Crippen molar-refractivity contribution in [1.82, 2.24) is 0 Å². The summed E-state index contributed by atoms with van der Waals surface area (Å²) in [6.07, 6.45) is 15.3. The molecule has 4 saturated carbocycles. The lowest BCUT2D eigenvalue weighted by Gasteiger charge is -2.42. The molecule has 336 valence electrons. The van der Waals surface area contributed by atoms with E-state index in [1.807, 2.05) is 27.8 Å². The molecule has 2 saturated heterocycles. The summed E-state index contributed by atoms with van der Waals surface area (Å²) in [4.78, 5) is 51.4. The first-order valence-electron chi connectivity index (χ1n) is 21.6. The summed E-state index contributed by atoms with van der Waals surface area (Å²) in [5, 5.41) is 7.10. The molecule has 2 spiro atoms. The molecule has 2 aliphatic heterocycles. The van der Waals surface area contributed by atoms with Crippen LogP contribution in [0, 0.1) is 23.7 Å². The van der Waals surface area contributed by atoms with E-state index in [4.69, 9.17) is 40.0 Å². The van der Waals surface area contributed by atoms with Crippen LogP contribution in [-0.2, 0) is 38.0 Å². The average molecular weight is 900 g/mol. The highest BCUT2D eigenvalue weighted by molar-refractivity contribution is 7.13. The van der Waals surface area contributed by atoms with Crippen LogP contribution in [0.15, 0.2) is 22.9 Å². The predicted octanol–water partition coefficient (Wildman–Crippen LogP) is 9.74. The zero-order valence-electron chi connectivity index (χ0n) is 35.5. The summed E-state index contributed by atoms with van der Waals surface area (Å²) >= 11 is 8.11. The standard InChI is InChI=1S/C22H31NO5S.C14H19NO4S.C8H13ClO.FH/c1-15-3-5-16(6-4-15)20(24)23(18-9-14-29-19(18)21(25)26-2)17-7-10-22(11-8-17)27-12-13-28-22;1-17-13(16)12-11(4-9-20-12)15-10-2-5-14(6-3-10)18-7-8-19-14;1-6-2-4-7(5-3-6)8(9)10;/h9,14-17H,3-8,10-13H2,1-2H3;4,9-10,15H,2-3,5-8H2,1H3;6-7H,2-5H2,1H3;1H. The number of nitrogens with zero attached hydrogens (tertiary/aromatic N) is 1. The lowest BCUT2D eigenvalue weighted by atomic mass is 9.81. The Balaban J connectivity index is 0.000000190. The Morgan fingerprint density at radius 2 is 1.12 bits per heavy atom. The van der Waals surface area contributed by atoms with E-state index >= 15 is 0 Å². The molecule has 60 heavy (non-hydrogen) atoms. The molecule has 0 bridgehead atoms. The Hall–Kier alpha value is -2.66. The Morgan fingerprint density at radius 3 is 1.62 bits per heavy atom. The van der Waals surface area contributed by atoms with Crippen molar-refractivity contribution in [3.05, 3.63) is 32.6 Å². The van der Waals surface area contributed by atoms with Gasteiger partial charge in [-0.15, -0.1) is 22.7 Å². The van der Waals surface area contributed by atoms with Gasteiger partial charge in [0.05, 0.1) is 52.0 Å². The monoisotopic (exact) mass is 898 g/mol. The molecule has 4 aliphatic carbocycles. The molecule has 0 unspecified atom stereocenters. The van der Waals surface area contributed by atoms with Gasteiger partial charge in [0.15, 0.2) is 11.6 Å². The number of nitrogens with one attached hydrogen (secondary N) is 1. The van der Waals surface area contributed by atoms with Crippen molar-refractivity contribution < 1.29 is 52.3 Å². The lowest BCUT2D eigenvalue weighted by Crippen LogP contribution is -2.49. The number of carbonyl (C=O) groups is 4. The van der Waals surface area contributed by atoms with Crippen LogP contribution in [0.1, 0.15) is 136 Å². The summed E-state index contributed by atoms with van der Waals surface area (Å²) in [7, 11) is 2.80. The number of ether oxygens (including phenoxy) is 6. The van der Waals surface area contributed by atoms with Crippen molar-refractivity contribution in [2.24, 2.45) is 23.7 Å². The van der Waals surface area contributed by atoms with Crippen LogP contribution in [0.3, 0.4) is 0 Å². The molecule has 0 radical (unpaired) electrons. The maximum atomic E-state index is 13.7. The van der Waals surface area contributed by atoms with Gasteiger partial charge in [0, 0.05) is 49.6 Å². The summed E-state index contributed by atoms with van der Waals surface area (Å²) in [5.41, 5.74) is 1.58. The van der Waals surface area contributed by atoms with Gasteiger partial charge < -0.3 is 38.6 Å². The second-order valence-electron chi connectivity index (χ2n) is 17.1. The Bertz CT molecular complexity index is 1680. The first-order chi connectivity index (χ1) is 28.4. The molecule has 6 fully saturated rings. The van der Waals surface area contributed by atoms with Gasteiger partial charge in [-0.2, -0.15) is 0 Å². The molecule has 4 heterocycles. The minimum atomic E-state index is -0.467. The van der Waals surface area contributed by atoms with Crippen molar-refractivity contribution in [2.45, 2.75) is 140 Å². The van der Waals surface area contributed by atoms with Crippen LogP contribution in [0.5, 0.6) is 0 Å². The molecule has 0 atom stereocenters. The molecule has 1 N–H and O–H groups in total. The van der Waals surface area contributed by atoms with Gasteiger partial charge in [0.1, 0.15) is 9.75 Å². The van der Waals surface area contributed by atoms with E-state index in [-0.39, 0.29) is 51.5 Å². The lowest BCUT2D eigenvalue weighted by molar-refractivity contribution is -0.179. The molecule has 16 heteroatoms. The van der Waals surface area contributed by atoms with Crippen molar-refractivity contribution in [3.8, 4) is 0 Å². The van der Waals surface area contributed by atoms with Gasteiger partial charge >= 0.3 is 11.9 Å². The topological polar surface area (TPSA) is 139 Å². The highest BCUT2D eigenvalue weighted by atomic mass is 35.5. The van der Waals surface area contributed by atoms with Gasteiger partial charge in [-0.05, 0) is 123 Å². The Kier molecular flexibility index (Phi) is 18.2. The number of rotatable bonds is 8. The van der Waals surface area contributed by atoms with Crippen LogP contribution in [0.4, 0.5) is 16.1 Å². The van der Waals surface area contributed by atoms with Crippen molar-refractivity contribution in [2.75, 3.05) is 50.9 Å². The third kappa shape index (κ3) is 12.3. The molecule has 6 aliphatic rings. The number of esters is 2. The third-order valence-corrected chi connectivity index (χ3v) is 15.2. The van der Waals surface area contributed by atoms with E-state index in [1.54, 1.807) is 0 Å². The zero-order valence-corrected chi connectivity index (χ0v) is 37.9. The number of halogens is 2. The van der Waals surface area contributed by atoms with E-state index in [1.165, 1.54) is 49.7 Å². The largest absolute Gasteiger partial charge is 0.465 e. The number of amides is 1. The van der Waals surface area contributed by atoms with Crippen LogP contribution in [0.2, 0.25) is 0 Å². The number of hydrogen-bond donors (Lipinski definition) is 1. The van der Waals surface area contributed by atoms with Crippen LogP contribution >= 0.6 is 34.3 Å². The van der Waals surface area contributed by atoms with Gasteiger partial charge in [-0.1, -0.05) is 13.8 Å². The van der Waals surface area contributed by atoms with Crippen molar-refractivity contribution >= 4 is 68.7 Å². The van der Waals surface area contributed by atoms with Crippen molar-refractivity contribution in [3.63, 3.8) is 0 Å². The maximum Gasteiger partial charge on any atom is 0.350 e. The zero-order chi connectivity index (χ0) is 42.0. The number of methoxy groups -OCH3 is 2. The predicted molar refractivity (Wildman–Crippen MR) is 232 cm³/mol. The normalized spacial score (nSPS) is 27.0. The summed E-state index contributed by atoms with van der Waals surface area (Å²) in [6.45, 7) is 7.18. The van der Waals surface area contributed by atoms with E-state index < -0.39 is 5.79 Å². The van der Waals surface area contributed by atoms with Crippen LogP contribution in [-0.4, -0.2) is 87.4 Å². The molecule has 2 aromatic rings. The highest BCUT2D eigenvalue weighted by Crippen LogP contribution is 2.42. The van der Waals surface area contributed by atoms with Gasteiger partial charge in [-0.25, -0.2) is 9.59 Å². The fourth-order valence-corrected chi connectivity index (χ4v) is 11.2. The average Bonchev–Trinajstić information content (AvgIpc) is 4.10. The molecule has 12 nitrogen and oxygen atoms in total. The van der Waals surface area contributed by atoms with Crippen molar-refractivity contribution in [1.29, 1.82) is 0 Å². The first-order valence-corrected chi connectivity index (χ1v) is 23.8. The minimum absolute atomic E-state index is 0. The molecular formula is C44H64ClFN2O10S2. The molecule has 2 aromatic heterocycles. The summed E-state index contributed by atoms with van der Waals surface area (Å²) < 4.78 is 33.0. The number of hydrogen-bond acceptors (Lipinski definition) is 13. The van der Waals surface area contributed by atoms with E-state index in [9.17, 15) is 19.2 Å². The summed E-state index contributed by atoms with van der Waals surface area (Å²) in [6, 6.07) is 4.24. The van der Waals surface area contributed by atoms with E-state index in [0.29, 0.717) is 53.8 Å². The van der Waals surface area contributed by atoms with Gasteiger partial charge in [-0.3, -0.25) is 14.3 Å². The van der Waals surface area contributed by atoms with Gasteiger partial charge in [0.2, 0.25) is 11.1 Å². The molecular weight excluding hydrogens is 835 g/mol. The number of thiophene rings is 2. The Morgan fingerprint density at radius 1 is 0.667 bits per heavy atom. The number of anilines is 2. The number of carbonyl (C=O) groups excluding carboxylic acids is 4. The van der Waals surface area contributed by atoms with Crippen LogP contribution in [0.25, 0.3) is 0 Å². The second-order valence-corrected chi connectivity index (χ2v) is 19.3. The third-order valence-electron chi connectivity index (χ3n) is 13.1. The van der Waals surface area contributed by atoms with E-state index in [0.717, 1.165) is 101 Å². The highest BCUT2D eigenvalue weighted by Gasteiger charge is 2.45. The molecule has 8 rings (SSSR count). The fraction of sp³-hybridized carbons (Fsp3) is 0.727. The smallest absolute Gasteiger partial charge is 0.350 e. The molecule has 0 aromatic carbocycles. The second kappa shape index (κ2) is 22.6. The molecule has 1 amide bonds. The van der Waals surface area contributed by atoms with Crippen LogP contribution < -0.4 is 10.2 Å². The SMILES string of the molecule is CC1CCC(C(=O)Cl)CC1.COC(=O)c1sccc1N(C(=O)C1CCC(C)CC1)C1CCC2(CC1)OCCO2.COC(=O)c1sccc1NC1CCC2(CC1)OCCO2.F. The minimum Gasteiger partial charge on any atom is -0.465 e.